The number of hydrogen-bond donors (Lipinski definition) is 2. The molecule has 3 heterocycles. The molecule has 0 aliphatic carbocycles. The van der Waals surface area contributed by atoms with Crippen LogP contribution in [0.3, 0.4) is 0 Å². The Labute approximate surface area is 217 Å². The summed E-state index contributed by atoms with van der Waals surface area (Å²) in [6.07, 6.45) is 3.87. The molecular formula is C27H34N6O4. The van der Waals surface area contributed by atoms with Gasteiger partial charge in [-0.1, -0.05) is 12.5 Å². The zero-order valence-corrected chi connectivity index (χ0v) is 21.6. The maximum Gasteiger partial charge on any atom is 0.255 e. The molecule has 2 aliphatic rings. The fourth-order valence-electron chi connectivity index (χ4n) is 4.79. The summed E-state index contributed by atoms with van der Waals surface area (Å²) < 4.78 is 12.5. The van der Waals surface area contributed by atoms with Crippen molar-refractivity contribution in [1.29, 1.82) is 0 Å². The molecule has 37 heavy (non-hydrogen) atoms. The summed E-state index contributed by atoms with van der Waals surface area (Å²) in [6, 6.07) is 5.37. The van der Waals surface area contributed by atoms with Gasteiger partial charge in [0.25, 0.3) is 5.91 Å². The number of nitrogens with two attached hydrogens (primary N) is 1. The Hall–Kier alpha value is -3.97. The number of benzene rings is 1. The number of primary amides is 1. The molecule has 3 N–H and O–H groups in total. The normalized spacial score (nSPS) is 18.1. The Balaban J connectivity index is 1.74. The van der Waals surface area contributed by atoms with E-state index in [1.165, 1.54) is 6.08 Å². The first-order chi connectivity index (χ1) is 17.8. The van der Waals surface area contributed by atoms with Gasteiger partial charge in [0.1, 0.15) is 22.9 Å². The highest BCUT2D eigenvalue weighted by Crippen LogP contribution is 2.31. The summed E-state index contributed by atoms with van der Waals surface area (Å²) >= 11 is 0. The van der Waals surface area contributed by atoms with Crippen molar-refractivity contribution < 1.29 is 19.1 Å². The number of anilines is 1. The monoisotopic (exact) mass is 506 g/mol. The van der Waals surface area contributed by atoms with Gasteiger partial charge in [-0.2, -0.15) is 5.10 Å². The van der Waals surface area contributed by atoms with Crippen molar-refractivity contribution in [3.8, 4) is 23.3 Å². The minimum atomic E-state index is -0.605. The average Bonchev–Trinajstić information content (AvgIpc) is 3.53. The van der Waals surface area contributed by atoms with E-state index < -0.39 is 5.91 Å². The standard InChI is InChI=1S/C27H34N6O4/c1-5-24(34)32-13-10-20(17-32)33-27(29-19-8-11-31(2)12-9-19)25(26(28)35)23(30-33)7-6-18-14-21(36-3)16-22(15-18)37-4/h5,14-16,19-20,29H,1,8-13,17H2,2-4H3,(H2,28,35). The van der Waals surface area contributed by atoms with Crippen LogP contribution >= 0.6 is 0 Å². The molecule has 2 saturated heterocycles. The Morgan fingerprint density at radius 3 is 2.38 bits per heavy atom. The number of aromatic nitrogens is 2. The summed E-state index contributed by atoms with van der Waals surface area (Å²) in [5, 5.41) is 8.31. The van der Waals surface area contributed by atoms with E-state index in [2.05, 4.69) is 35.7 Å². The van der Waals surface area contributed by atoms with Crippen LogP contribution in [-0.4, -0.2) is 84.9 Å². The van der Waals surface area contributed by atoms with Gasteiger partial charge in [-0.25, -0.2) is 4.68 Å². The molecule has 1 atom stereocenters. The highest BCUT2D eigenvalue weighted by molar-refractivity contribution is 6.00. The number of rotatable bonds is 7. The van der Waals surface area contributed by atoms with Gasteiger partial charge in [0, 0.05) is 30.8 Å². The van der Waals surface area contributed by atoms with Crippen molar-refractivity contribution in [1.82, 2.24) is 19.6 Å². The lowest BCUT2D eigenvalue weighted by Crippen LogP contribution is -2.38. The third-order valence-electron chi connectivity index (χ3n) is 6.89. The molecule has 2 aliphatic heterocycles. The fourth-order valence-corrected chi connectivity index (χ4v) is 4.79. The predicted molar refractivity (Wildman–Crippen MR) is 141 cm³/mol. The SMILES string of the molecule is C=CC(=O)N1CCC(n2nc(C#Cc3cc(OC)cc(OC)c3)c(C(N)=O)c2NC2CCN(C)CC2)C1. The van der Waals surface area contributed by atoms with Crippen LogP contribution in [0, 0.1) is 11.8 Å². The van der Waals surface area contributed by atoms with E-state index in [0.717, 1.165) is 25.9 Å². The van der Waals surface area contributed by atoms with E-state index in [9.17, 15) is 9.59 Å². The van der Waals surface area contributed by atoms with Crippen molar-refractivity contribution in [3.05, 3.63) is 47.7 Å². The maximum atomic E-state index is 12.7. The zero-order valence-electron chi connectivity index (χ0n) is 21.6. The second-order valence-corrected chi connectivity index (χ2v) is 9.39. The van der Waals surface area contributed by atoms with Gasteiger partial charge in [-0.3, -0.25) is 9.59 Å². The number of ether oxygens (including phenoxy) is 2. The van der Waals surface area contributed by atoms with Crippen LogP contribution in [0.15, 0.2) is 30.9 Å². The summed E-state index contributed by atoms with van der Waals surface area (Å²) in [6.45, 7) is 6.55. The first kappa shape index (κ1) is 26.1. The molecule has 1 unspecified atom stereocenters. The highest BCUT2D eigenvalue weighted by Gasteiger charge is 2.33. The van der Waals surface area contributed by atoms with Crippen LogP contribution in [0.25, 0.3) is 0 Å². The number of nitrogens with zero attached hydrogens (tertiary/aromatic N) is 4. The lowest BCUT2D eigenvalue weighted by molar-refractivity contribution is -0.125. The van der Waals surface area contributed by atoms with E-state index in [0.29, 0.717) is 48.1 Å². The van der Waals surface area contributed by atoms with E-state index in [-0.39, 0.29) is 23.6 Å². The Bertz CT molecular complexity index is 1210. The number of piperidine rings is 1. The van der Waals surface area contributed by atoms with Crippen molar-refractivity contribution in [2.75, 3.05) is 52.8 Å². The maximum absolute atomic E-state index is 12.7. The topological polar surface area (TPSA) is 115 Å². The molecule has 2 fully saturated rings. The fraction of sp³-hybridized carbons (Fsp3) is 0.444. The quantitative estimate of drug-likeness (QED) is 0.435. The molecule has 0 bridgehead atoms. The van der Waals surface area contributed by atoms with E-state index in [1.807, 2.05) is 0 Å². The largest absolute Gasteiger partial charge is 0.497 e. The third kappa shape index (κ3) is 5.89. The molecule has 196 valence electrons. The Kier molecular flexibility index (Phi) is 8.04. The van der Waals surface area contributed by atoms with Crippen LogP contribution in [0.5, 0.6) is 11.5 Å². The first-order valence-corrected chi connectivity index (χ1v) is 12.4. The molecule has 0 saturated carbocycles. The lowest BCUT2D eigenvalue weighted by Gasteiger charge is -2.30. The van der Waals surface area contributed by atoms with Gasteiger partial charge in [-0.05, 0) is 63.5 Å². The van der Waals surface area contributed by atoms with Crippen LogP contribution in [0.4, 0.5) is 5.82 Å². The van der Waals surface area contributed by atoms with Crippen LogP contribution in [0.2, 0.25) is 0 Å². The minimum Gasteiger partial charge on any atom is -0.497 e. The highest BCUT2D eigenvalue weighted by atomic mass is 16.5. The predicted octanol–water partition coefficient (Wildman–Crippen LogP) is 1.86. The third-order valence-corrected chi connectivity index (χ3v) is 6.89. The summed E-state index contributed by atoms with van der Waals surface area (Å²) in [4.78, 5) is 28.9. The molecule has 1 aromatic heterocycles. The van der Waals surface area contributed by atoms with Gasteiger partial charge in [0.2, 0.25) is 5.91 Å². The van der Waals surface area contributed by atoms with Crippen molar-refractivity contribution >= 4 is 17.6 Å². The molecule has 2 amide bonds. The second kappa shape index (κ2) is 11.4. The Morgan fingerprint density at radius 2 is 1.78 bits per heavy atom. The van der Waals surface area contributed by atoms with E-state index in [1.54, 1.807) is 42.0 Å². The molecule has 10 nitrogen and oxygen atoms in total. The minimum absolute atomic E-state index is 0.122. The van der Waals surface area contributed by atoms with E-state index in [4.69, 9.17) is 20.3 Å². The van der Waals surface area contributed by atoms with Crippen LogP contribution < -0.4 is 20.5 Å². The Morgan fingerprint density at radius 1 is 1.11 bits per heavy atom. The zero-order chi connectivity index (χ0) is 26.5. The van der Waals surface area contributed by atoms with Crippen LogP contribution in [-0.2, 0) is 4.79 Å². The van der Waals surface area contributed by atoms with Gasteiger partial charge < -0.3 is 30.3 Å². The van der Waals surface area contributed by atoms with E-state index >= 15 is 0 Å². The second-order valence-electron chi connectivity index (χ2n) is 9.39. The summed E-state index contributed by atoms with van der Waals surface area (Å²) in [5.41, 5.74) is 7.08. The van der Waals surface area contributed by atoms with Crippen molar-refractivity contribution in [3.63, 3.8) is 0 Å². The number of likely N-dealkylation sites (tertiary alicyclic amines) is 2. The molecule has 10 heteroatoms. The number of hydrogen-bond acceptors (Lipinski definition) is 7. The van der Waals surface area contributed by atoms with Gasteiger partial charge in [0.05, 0.1) is 20.3 Å². The summed E-state index contributed by atoms with van der Waals surface area (Å²) in [5.74, 6) is 7.17. The first-order valence-electron chi connectivity index (χ1n) is 12.4. The number of carbonyl (C=O) groups is 2. The number of methoxy groups -OCH3 is 2. The van der Waals surface area contributed by atoms with Gasteiger partial charge in [0.15, 0.2) is 5.69 Å². The van der Waals surface area contributed by atoms with Gasteiger partial charge in [-0.15, -0.1) is 0 Å². The molecule has 1 aromatic carbocycles. The number of carbonyl (C=O) groups excluding carboxylic acids is 2. The van der Waals surface area contributed by atoms with Gasteiger partial charge >= 0.3 is 0 Å². The summed E-state index contributed by atoms with van der Waals surface area (Å²) in [7, 11) is 5.24. The van der Waals surface area contributed by atoms with Crippen LogP contribution in [0.1, 0.15) is 46.9 Å². The van der Waals surface area contributed by atoms with Crippen molar-refractivity contribution in [2.24, 2.45) is 5.73 Å². The molecule has 0 radical (unpaired) electrons. The smallest absolute Gasteiger partial charge is 0.255 e. The number of nitrogens with one attached hydrogen (secondary N) is 1. The molecule has 0 spiro atoms. The molecule has 4 rings (SSSR count). The molecular weight excluding hydrogens is 472 g/mol. The number of amides is 2. The lowest BCUT2D eigenvalue weighted by atomic mass is 10.0. The molecule has 2 aromatic rings. The average molecular weight is 507 g/mol. The van der Waals surface area contributed by atoms with Crippen molar-refractivity contribution in [2.45, 2.75) is 31.3 Å².